The first-order chi connectivity index (χ1) is 10.2. The topological polar surface area (TPSA) is 12.0 Å². The van der Waals surface area contributed by atoms with Gasteiger partial charge in [-0.3, -0.25) is 0 Å². The van der Waals surface area contributed by atoms with E-state index in [-0.39, 0.29) is 11.9 Å². The minimum Gasteiger partial charge on any atom is -0.312 e. The van der Waals surface area contributed by atoms with Crippen LogP contribution in [-0.4, -0.2) is 7.05 Å². The molecular weight excluding hydrogens is 349 g/mol. The maximum absolute atomic E-state index is 13.7. The molecule has 1 unspecified atom stereocenters. The lowest BCUT2D eigenvalue weighted by Crippen LogP contribution is -2.18. The molecule has 1 aromatic heterocycles. The molecule has 1 aromatic carbocycles. The summed E-state index contributed by atoms with van der Waals surface area (Å²) in [5, 5.41) is 3.39. The van der Waals surface area contributed by atoms with Crippen molar-refractivity contribution in [2.24, 2.45) is 0 Å². The van der Waals surface area contributed by atoms with Crippen molar-refractivity contribution in [3.05, 3.63) is 55.4 Å². The Morgan fingerprint density at radius 2 is 2.14 bits per heavy atom. The molecule has 0 aliphatic heterocycles. The van der Waals surface area contributed by atoms with E-state index in [2.05, 4.69) is 27.3 Å². The van der Waals surface area contributed by atoms with Crippen LogP contribution in [0.3, 0.4) is 0 Å². The van der Waals surface area contributed by atoms with Gasteiger partial charge < -0.3 is 5.32 Å². The quantitative estimate of drug-likeness (QED) is 0.798. The lowest BCUT2D eigenvalue weighted by atomic mass is 9.98. The number of benzene rings is 1. The van der Waals surface area contributed by atoms with E-state index in [0.29, 0.717) is 4.47 Å². The molecule has 0 saturated carbocycles. The van der Waals surface area contributed by atoms with Crippen molar-refractivity contribution in [1.82, 2.24) is 5.32 Å². The molecule has 4 heteroatoms. The lowest BCUT2D eigenvalue weighted by molar-refractivity contribution is 0.587. The molecule has 112 valence electrons. The van der Waals surface area contributed by atoms with Crippen molar-refractivity contribution in [2.45, 2.75) is 38.1 Å². The number of likely N-dealkylation sites (N-methyl/N-ethyl adjacent to an activating group) is 1. The molecule has 1 N–H and O–H groups in total. The van der Waals surface area contributed by atoms with Crippen LogP contribution in [0, 0.1) is 5.82 Å². The van der Waals surface area contributed by atoms with Gasteiger partial charge in [-0.15, -0.1) is 11.3 Å². The Morgan fingerprint density at radius 1 is 1.33 bits per heavy atom. The summed E-state index contributed by atoms with van der Waals surface area (Å²) in [6.07, 6.45) is 5.86. The van der Waals surface area contributed by atoms with Gasteiger partial charge in [-0.2, -0.15) is 0 Å². The normalized spacial score (nSPS) is 15.8. The number of rotatable bonds is 4. The number of hydrogen-bond donors (Lipinski definition) is 1. The van der Waals surface area contributed by atoms with E-state index in [1.165, 1.54) is 42.2 Å². The van der Waals surface area contributed by atoms with Gasteiger partial charge in [0.15, 0.2) is 0 Å². The summed E-state index contributed by atoms with van der Waals surface area (Å²) in [4.78, 5) is 2.93. The molecule has 1 aliphatic rings. The van der Waals surface area contributed by atoms with Crippen LogP contribution in [0.15, 0.2) is 28.7 Å². The third kappa shape index (κ3) is 3.22. The van der Waals surface area contributed by atoms with E-state index in [1.807, 2.05) is 24.5 Å². The fraction of sp³-hybridized carbons (Fsp3) is 0.412. The van der Waals surface area contributed by atoms with E-state index in [0.717, 1.165) is 12.0 Å². The Labute approximate surface area is 137 Å². The molecule has 0 fully saturated rings. The molecular formula is C17H19BrFNS. The van der Waals surface area contributed by atoms with Gasteiger partial charge >= 0.3 is 0 Å². The van der Waals surface area contributed by atoms with E-state index in [4.69, 9.17) is 0 Å². The van der Waals surface area contributed by atoms with Gasteiger partial charge in [0.05, 0.1) is 4.47 Å². The Morgan fingerprint density at radius 3 is 2.90 bits per heavy atom. The van der Waals surface area contributed by atoms with Crippen LogP contribution >= 0.6 is 27.3 Å². The standard InChI is InChI=1S/C17H19BrFNS/c1-20-14(9-12-6-4-7-13(19)17(12)18)16-10-11-5-2-3-8-15(11)21-16/h4,6-7,10,14,20H,2-3,5,8-9H2,1H3. The Kier molecular flexibility index (Phi) is 4.77. The second kappa shape index (κ2) is 6.59. The zero-order chi connectivity index (χ0) is 14.8. The molecule has 0 bridgehead atoms. The molecule has 21 heavy (non-hydrogen) atoms. The third-order valence-electron chi connectivity index (χ3n) is 4.16. The number of hydrogen-bond acceptors (Lipinski definition) is 2. The summed E-state index contributed by atoms with van der Waals surface area (Å²) in [7, 11) is 1.98. The summed E-state index contributed by atoms with van der Waals surface area (Å²) in [6, 6.07) is 7.87. The number of fused-ring (bicyclic) bond motifs is 1. The van der Waals surface area contributed by atoms with Crippen LogP contribution in [0.2, 0.25) is 0 Å². The maximum atomic E-state index is 13.7. The van der Waals surface area contributed by atoms with Crippen LogP contribution in [0.5, 0.6) is 0 Å². The van der Waals surface area contributed by atoms with Gasteiger partial charge in [0.2, 0.25) is 0 Å². The number of aryl methyl sites for hydroxylation is 2. The molecule has 0 radical (unpaired) electrons. The van der Waals surface area contributed by atoms with Crippen LogP contribution in [-0.2, 0) is 19.3 Å². The molecule has 1 aliphatic carbocycles. The smallest absolute Gasteiger partial charge is 0.137 e. The Bertz CT molecular complexity index is 614. The fourth-order valence-corrected chi connectivity index (χ4v) is 4.75. The van der Waals surface area contributed by atoms with Gasteiger partial charge in [0.1, 0.15) is 5.82 Å². The van der Waals surface area contributed by atoms with Gasteiger partial charge in [0.25, 0.3) is 0 Å². The van der Waals surface area contributed by atoms with Crippen molar-refractivity contribution in [3.8, 4) is 0 Å². The van der Waals surface area contributed by atoms with E-state index < -0.39 is 0 Å². The molecule has 0 saturated heterocycles. The Hall–Kier alpha value is -0.710. The second-order valence-corrected chi connectivity index (χ2v) is 7.52. The monoisotopic (exact) mass is 367 g/mol. The first-order valence-corrected chi connectivity index (χ1v) is 9.01. The molecule has 1 heterocycles. The highest BCUT2D eigenvalue weighted by molar-refractivity contribution is 9.10. The van der Waals surface area contributed by atoms with Gasteiger partial charge in [0, 0.05) is 15.8 Å². The third-order valence-corrected chi connectivity index (χ3v) is 6.40. The van der Waals surface area contributed by atoms with E-state index >= 15 is 0 Å². The van der Waals surface area contributed by atoms with E-state index in [1.54, 1.807) is 10.9 Å². The number of halogens is 2. The summed E-state index contributed by atoms with van der Waals surface area (Å²) in [5.74, 6) is -0.187. The number of thiophene rings is 1. The predicted octanol–water partition coefficient (Wildman–Crippen LogP) is 5.03. The fourth-order valence-electron chi connectivity index (χ4n) is 2.96. The largest absolute Gasteiger partial charge is 0.312 e. The van der Waals surface area contributed by atoms with Crippen LogP contribution in [0.1, 0.15) is 39.8 Å². The molecule has 2 aromatic rings. The van der Waals surface area contributed by atoms with E-state index in [9.17, 15) is 4.39 Å². The highest BCUT2D eigenvalue weighted by atomic mass is 79.9. The van der Waals surface area contributed by atoms with Gasteiger partial charge in [-0.25, -0.2) is 4.39 Å². The minimum absolute atomic E-state index is 0.187. The lowest BCUT2D eigenvalue weighted by Gasteiger charge is -2.16. The average Bonchev–Trinajstić information content (AvgIpc) is 2.92. The average molecular weight is 368 g/mol. The summed E-state index contributed by atoms with van der Waals surface area (Å²) in [5.41, 5.74) is 2.54. The second-order valence-electron chi connectivity index (χ2n) is 5.56. The summed E-state index contributed by atoms with van der Waals surface area (Å²) in [6.45, 7) is 0. The molecule has 1 nitrogen and oxygen atoms in total. The first kappa shape index (κ1) is 15.2. The molecule has 3 rings (SSSR count). The SMILES string of the molecule is CNC(Cc1cccc(F)c1Br)c1cc2c(s1)CCCC2. The Balaban J connectivity index is 1.85. The van der Waals surface area contributed by atoms with Gasteiger partial charge in [-0.1, -0.05) is 12.1 Å². The number of nitrogens with one attached hydrogen (secondary N) is 1. The molecule has 0 spiro atoms. The summed E-state index contributed by atoms with van der Waals surface area (Å²) < 4.78 is 14.2. The minimum atomic E-state index is -0.187. The van der Waals surface area contributed by atoms with Crippen molar-refractivity contribution in [1.29, 1.82) is 0 Å². The van der Waals surface area contributed by atoms with Crippen molar-refractivity contribution in [3.63, 3.8) is 0 Å². The van der Waals surface area contributed by atoms with Crippen LogP contribution < -0.4 is 5.32 Å². The predicted molar refractivity (Wildman–Crippen MR) is 90.6 cm³/mol. The van der Waals surface area contributed by atoms with Crippen LogP contribution in [0.4, 0.5) is 4.39 Å². The zero-order valence-electron chi connectivity index (χ0n) is 12.1. The summed E-state index contributed by atoms with van der Waals surface area (Å²) >= 11 is 5.29. The molecule has 0 amide bonds. The maximum Gasteiger partial charge on any atom is 0.137 e. The van der Waals surface area contributed by atoms with Crippen molar-refractivity contribution < 1.29 is 4.39 Å². The van der Waals surface area contributed by atoms with Gasteiger partial charge in [-0.05, 0) is 78.3 Å². The van der Waals surface area contributed by atoms with Crippen molar-refractivity contribution in [2.75, 3.05) is 7.05 Å². The highest BCUT2D eigenvalue weighted by Crippen LogP contribution is 2.35. The highest BCUT2D eigenvalue weighted by Gasteiger charge is 2.19. The zero-order valence-corrected chi connectivity index (χ0v) is 14.5. The van der Waals surface area contributed by atoms with Crippen molar-refractivity contribution >= 4 is 27.3 Å². The first-order valence-electron chi connectivity index (χ1n) is 7.40. The molecule has 1 atom stereocenters. The van der Waals surface area contributed by atoms with Crippen LogP contribution in [0.25, 0.3) is 0 Å².